The zero-order valence-electron chi connectivity index (χ0n) is 16.3. The molecule has 3 aromatic rings. The molecule has 0 atom stereocenters. The van der Waals surface area contributed by atoms with Gasteiger partial charge in [-0.2, -0.15) is 0 Å². The van der Waals surface area contributed by atoms with E-state index in [1.54, 1.807) is 30.2 Å². The summed E-state index contributed by atoms with van der Waals surface area (Å²) in [7, 11) is 5.53. The fourth-order valence-electron chi connectivity index (χ4n) is 2.57. The number of hydrogen-bond acceptors (Lipinski definition) is 6. The predicted octanol–water partition coefficient (Wildman–Crippen LogP) is 4.59. The Bertz CT molecular complexity index is 1010. The summed E-state index contributed by atoms with van der Waals surface area (Å²) >= 11 is 13.5. The van der Waals surface area contributed by atoms with E-state index in [1.807, 2.05) is 37.2 Å². The molecule has 154 valence electrons. The first kappa shape index (κ1) is 21.6. The number of hydrogen-bond donors (Lipinski definition) is 0. The third-order valence-electron chi connectivity index (χ3n) is 4.13. The van der Waals surface area contributed by atoms with Crippen molar-refractivity contribution in [3.63, 3.8) is 0 Å². The van der Waals surface area contributed by atoms with E-state index in [4.69, 9.17) is 32.7 Å². The molecule has 0 saturated carbocycles. The lowest BCUT2D eigenvalue weighted by Crippen LogP contribution is -2.39. The second kappa shape index (κ2) is 9.63. The average molecular weight is 454 g/mol. The summed E-state index contributed by atoms with van der Waals surface area (Å²) in [4.78, 5) is 21.2. The monoisotopic (exact) mass is 453 g/mol. The summed E-state index contributed by atoms with van der Waals surface area (Å²) in [6.07, 6.45) is 0. The van der Waals surface area contributed by atoms with Crippen molar-refractivity contribution in [1.82, 2.24) is 9.88 Å². The Morgan fingerprint density at radius 3 is 2.62 bits per heavy atom. The molecule has 0 aliphatic heterocycles. The molecule has 0 bridgehead atoms. The van der Waals surface area contributed by atoms with Crippen LogP contribution in [0.1, 0.15) is 0 Å². The summed E-state index contributed by atoms with van der Waals surface area (Å²) in [5, 5.41) is 1.48. The van der Waals surface area contributed by atoms with Gasteiger partial charge in [0.2, 0.25) is 0 Å². The van der Waals surface area contributed by atoms with Crippen LogP contribution in [0, 0.1) is 0 Å². The molecule has 0 radical (unpaired) electrons. The largest absolute Gasteiger partial charge is 0.497 e. The average Bonchev–Trinajstić information content (AvgIpc) is 3.09. The summed E-state index contributed by atoms with van der Waals surface area (Å²) in [5.41, 5.74) is 0.815. The molecule has 6 nitrogen and oxygen atoms in total. The number of anilines is 1. The predicted molar refractivity (Wildman–Crippen MR) is 119 cm³/mol. The quantitative estimate of drug-likeness (QED) is 0.499. The van der Waals surface area contributed by atoms with Gasteiger partial charge < -0.3 is 14.4 Å². The third-order valence-corrected chi connectivity index (χ3v) is 5.70. The Morgan fingerprint density at radius 1 is 1.14 bits per heavy atom. The molecule has 1 heterocycles. The van der Waals surface area contributed by atoms with Gasteiger partial charge in [-0.3, -0.25) is 9.69 Å². The number of carbonyl (C=O) groups is 1. The van der Waals surface area contributed by atoms with E-state index in [-0.39, 0.29) is 12.5 Å². The van der Waals surface area contributed by atoms with Gasteiger partial charge in [0.05, 0.1) is 22.3 Å². The van der Waals surface area contributed by atoms with Crippen LogP contribution < -0.4 is 14.4 Å². The van der Waals surface area contributed by atoms with Crippen LogP contribution in [-0.2, 0) is 4.79 Å². The summed E-state index contributed by atoms with van der Waals surface area (Å²) < 4.78 is 11.9. The van der Waals surface area contributed by atoms with Crippen molar-refractivity contribution in [3.8, 4) is 11.5 Å². The normalized spacial score (nSPS) is 11.1. The van der Waals surface area contributed by atoms with Crippen molar-refractivity contribution in [2.24, 2.45) is 0 Å². The number of nitrogens with zero attached hydrogens (tertiary/aromatic N) is 3. The van der Waals surface area contributed by atoms with Gasteiger partial charge in [0.25, 0.3) is 5.91 Å². The first-order valence-electron chi connectivity index (χ1n) is 8.85. The number of aromatic nitrogens is 1. The number of methoxy groups -OCH3 is 1. The Hall–Kier alpha value is -2.06. The maximum Gasteiger partial charge on any atom is 0.266 e. The SMILES string of the molecule is COc1ccc2nc(N(CCN(C)C)C(=O)COc3ccc(Cl)cc3Cl)sc2c1. The highest BCUT2D eigenvalue weighted by Gasteiger charge is 2.21. The molecule has 1 amide bonds. The molecule has 0 aliphatic rings. The van der Waals surface area contributed by atoms with Gasteiger partial charge in [-0.25, -0.2) is 4.98 Å². The van der Waals surface area contributed by atoms with Crippen LogP contribution in [0.5, 0.6) is 11.5 Å². The van der Waals surface area contributed by atoms with Crippen molar-refractivity contribution in [2.45, 2.75) is 0 Å². The van der Waals surface area contributed by atoms with Crippen molar-refractivity contribution in [3.05, 3.63) is 46.4 Å². The number of benzene rings is 2. The first-order chi connectivity index (χ1) is 13.9. The second-order valence-corrected chi connectivity index (χ2v) is 8.39. The smallest absolute Gasteiger partial charge is 0.266 e. The molecule has 0 N–H and O–H groups in total. The molecule has 0 unspecified atom stereocenters. The van der Waals surface area contributed by atoms with Crippen LogP contribution in [0.4, 0.5) is 5.13 Å². The van der Waals surface area contributed by atoms with Crippen LogP contribution in [0.3, 0.4) is 0 Å². The lowest BCUT2D eigenvalue weighted by Gasteiger charge is -2.22. The highest BCUT2D eigenvalue weighted by atomic mass is 35.5. The lowest BCUT2D eigenvalue weighted by atomic mass is 10.3. The van der Waals surface area contributed by atoms with E-state index < -0.39 is 0 Å². The Balaban J connectivity index is 1.81. The number of halogens is 2. The van der Waals surface area contributed by atoms with E-state index in [0.717, 1.165) is 16.0 Å². The molecule has 3 rings (SSSR count). The minimum Gasteiger partial charge on any atom is -0.497 e. The minimum absolute atomic E-state index is 0.159. The number of rotatable bonds is 8. The molecule has 0 saturated heterocycles. The van der Waals surface area contributed by atoms with E-state index in [1.165, 1.54) is 11.3 Å². The van der Waals surface area contributed by atoms with E-state index >= 15 is 0 Å². The van der Waals surface area contributed by atoms with Gasteiger partial charge in [-0.05, 0) is 50.5 Å². The van der Waals surface area contributed by atoms with Gasteiger partial charge >= 0.3 is 0 Å². The molecular formula is C20H21Cl2N3O3S. The maximum absolute atomic E-state index is 13.0. The summed E-state index contributed by atoms with van der Waals surface area (Å²) in [5.74, 6) is 0.953. The van der Waals surface area contributed by atoms with Crippen molar-refractivity contribution < 1.29 is 14.3 Å². The Morgan fingerprint density at radius 2 is 1.93 bits per heavy atom. The fraction of sp³-hybridized carbons (Fsp3) is 0.300. The van der Waals surface area contributed by atoms with Crippen LogP contribution >= 0.6 is 34.5 Å². The van der Waals surface area contributed by atoms with Crippen molar-refractivity contribution in [2.75, 3.05) is 45.8 Å². The van der Waals surface area contributed by atoms with Crippen LogP contribution in [-0.4, -0.2) is 56.7 Å². The fourth-order valence-corrected chi connectivity index (χ4v) is 4.07. The molecule has 1 aromatic heterocycles. The van der Waals surface area contributed by atoms with E-state index in [2.05, 4.69) is 4.98 Å². The standard InChI is InChI=1S/C20H21Cl2N3O3S/c1-24(2)8-9-25(19(26)12-28-17-7-4-13(21)10-15(17)22)20-23-16-6-5-14(27-3)11-18(16)29-20/h4-7,10-11H,8-9,12H2,1-3H3. The third kappa shape index (κ3) is 5.51. The summed E-state index contributed by atoms with van der Waals surface area (Å²) in [6, 6.07) is 10.5. The zero-order valence-corrected chi connectivity index (χ0v) is 18.6. The van der Waals surface area contributed by atoms with E-state index in [9.17, 15) is 4.79 Å². The highest BCUT2D eigenvalue weighted by molar-refractivity contribution is 7.22. The van der Waals surface area contributed by atoms with Gasteiger partial charge in [0, 0.05) is 18.1 Å². The van der Waals surface area contributed by atoms with Gasteiger partial charge in [0.15, 0.2) is 11.7 Å². The van der Waals surface area contributed by atoms with Crippen LogP contribution in [0.2, 0.25) is 10.0 Å². The molecule has 9 heteroatoms. The molecule has 0 spiro atoms. The number of fused-ring (bicyclic) bond motifs is 1. The molecule has 29 heavy (non-hydrogen) atoms. The van der Waals surface area contributed by atoms with Crippen LogP contribution in [0.15, 0.2) is 36.4 Å². The second-order valence-electron chi connectivity index (χ2n) is 6.54. The van der Waals surface area contributed by atoms with Gasteiger partial charge in [-0.15, -0.1) is 0 Å². The lowest BCUT2D eigenvalue weighted by molar-refractivity contribution is -0.120. The van der Waals surface area contributed by atoms with E-state index in [0.29, 0.717) is 34.0 Å². The Labute approximate surface area is 183 Å². The van der Waals surface area contributed by atoms with Gasteiger partial charge in [0.1, 0.15) is 11.5 Å². The minimum atomic E-state index is -0.205. The highest BCUT2D eigenvalue weighted by Crippen LogP contribution is 2.32. The Kier molecular flexibility index (Phi) is 7.18. The number of carbonyl (C=O) groups excluding carboxylic acids is 1. The number of amides is 1. The maximum atomic E-state index is 13.0. The van der Waals surface area contributed by atoms with Crippen molar-refractivity contribution in [1.29, 1.82) is 0 Å². The molecule has 0 fully saturated rings. The number of thiazole rings is 1. The van der Waals surface area contributed by atoms with Crippen LogP contribution in [0.25, 0.3) is 10.2 Å². The van der Waals surface area contributed by atoms with Gasteiger partial charge in [-0.1, -0.05) is 34.5 Å². The number of ether oxygens (including phenoxy) is 2. The molecular weight excluding hydrogens is 433 g/mol. The topological polar surface area (TPSA) is 54.9 Å². The van der Waals surface area contributed by atoms with Crippen molar-refractivity contribution >= 4 is 55.8 Å². The first-order valence-corrected chi connectivity index (χ1v) is 10.4. The molecule has 2 aromatic carbocycles. The molecule has 0 aliphatic carbocycles. The summed E-state index contributed by atoms with van der Waals surface area (Å²) in [6.45, 7) is 1.02. The number of likely N-dealkylation sites (N-methyl/N-ethyl adjacent to an activating group) is 1. The zero-order chi connectivity index (χ0) is 21.0.